The Balaban J connectivity index is 1.53. The number of benzene rings is 4. The molecule has 1 aliphatic heterocycles. The predicted octanol–water partition coefficient (Wildman–Crippen LogP) is 5.88. The molecule has 5 rings (SSSR count). The van der Waals surface area contributed by atoms with Crippen LogP contribution in [0.4, 0.5) is 10.1 Å². The largest absolute Gasteiger partial charge is 0.387 e. The van der Waals surface area contributed by atoms with Crippen molar-refractivity contribution in [2.24, 2.45) is 4.99 Å². The lowest BCUT2D eigenvalue weighted by molar-refractivity contribution is -0.129. The number of carbonyl (C=O) groups excluding carboxylic acids is 2. The van der Waals surface area contributed by atoms with E-state index < -0.39 is 35.8 Å². The average molecular weight is 562 g/mol. The van der Waals surface area contributed by atoms with Crippen LogP contribution in [0.25, 0.3) is 0 Å². The molecule has 2 amide bonds. The van der Waals surface area contributed by atoms with Crippen LogP contribution in [0.15, 0.2) is 102 Å². The number of rotatable bonds is 6. The molecule has 0 bridgehead atoms. The highest BCUT2D eigenvalue weighted by molar-refractivity contribution is 6.42. The molecular formula is C30H22Cl2FN3O3. The summed E-state index contributed by atoms with van der Waals surface area (Å²) in [5, 5.41) is 17.3. The van der Waals surface area contributed by atoms with Crippen LogP contribution in [0.3, 0.4) is 0 Å². The lowest BCUT2D eigenvalue weighted by Gasteiger charge is -2.25. The zero-order valence-corrected chi connectivity index (χ0v) is 21.8. The van der Waals surface area contributed by atoms with Crippen molar-refractivity contribution < 1.29 is 19.1 Å². The van der Waals surface area contributed by atoms with Gasteiger partial charge >= 0.3 is 0 Å². The Morgan fingerprint density at radius 3 is 2.28 bits per heavy atom. The zero-order valence-electron chi connectivity index (χ0n) is 20.3. The van der Waals surface area contributed by atoms with Crippen LogP contribution in [0.1, 0.15) is 34.3 Å². The van der Waals surface area contributed by atoms with Crippen LogP contribution in [0.2, 0.25) is 10.0 Å². The molecule has 0 radical (unpaired) electrons. The van der Waals surface area contributed by atoms with Gasteiger partial charge in [0.2, 0.25) is 12.1 Å². The number of hydrogen-bond donors (Lipinski definition) is 3. The summed E-state index contributed by atoms with van der Waals surface area (Å²) in [4.78, 5) is 31.7. The molecule has 9 heteroatoms. The monoisotopic (exact) mass is 561 g/mol. The number of aliphatic imine (C=N–C) groups is 1. The second kappa shape index (κ2) is 11.4. The number of hydrogen-bond acceptors (Lipinski definition) is 4. The number of halogens is 3. The minimum atomic E-state index is -1.39. The number of nitrogens with zero attached hydrogens (tertiary/aromatic N) is 1. The summed E-state index contributed by atoms with van der Waals surface area (Å²) in [7, 11) is 0. The summed E-state index contributed by atoms with van der Waals surface area (Å²) in [6, 6.07) is 26.2. The summed E-state index contributed by atoms with van der Waals surface area (Å²) in [6.45, 7) is 0. The van der Waals surface area contributed by atoms with Crippen LogP contribution in [0, 0.1) is 5.82 Å². The summed E-state index contributed by atoms with van der Waals surface area (Å²) in [5.41, 5.74) is 3.16. The lowest BCUT2D eigenvalue weighted by Crippen LogP contribution is -2.45. The van der Waals surface area contributed by atoms with Crippen molar-refractivity contribution in [1.82, 2.24) is 5.32 Å². The number of aliphatic hydroxyl groups excluding tert-OH is 1. The Labute approximate surface area is 234 Å². The first-order chi connectivity index (χ1) is 18.8. The molecule has 3 atom stereocenters. The molecule has 4 aromatic carbocycles. The number of benzodiazepines with no additional fused rings is 1. The summed E-state index contributed by atoms with van der Waals surface area (Å²) < 4.78 is 13.7. The third-order valence-electron chi connectivity index (χ3n) is 6.39. The van der Waals surface area contributed by atoms with E-state index in [-0.39, 0.29) is 10.0 Å². The van der Waals surface area contributed by atoms with Gasteiger partial charge in [0.25, 0.3) is 5.91 Å². The molecule has 3 N–H and O–H groups in total. The van der Waals surface area contributed by atoms with Gasteiger partial charge in [-0.05, 0) is 41.5 Å². The number of fused-ring (bicyclic) bond motifs is 1. The van der Waals surface area contributed by atoms with Crippen molar-refractivity contribution in [1.29, 1.82) is 0 Å². The van der Waals surface area contributed by atoms with Crippen LogP contribution in [-0.2, 0) is 9.59 Å². The van der Waals surface area contributed by atoms with E-state index in [4.69, 9.17) is 23.2 Å². The van der Waals surface area contributed by atoms with Crippen molar-refractivity contribution in [2.75, 3.05) is 5.32 Å². The van der Waals surface area contributed by atoms with Crippen molar-refractivity contribution in [3.05, 3.63) is 135 Å². The molecule has 6 nitrogen and oxygen atoms in total. The highest BCUT2D eigenvalue weighted by Crippen LogP contribution is 2.35. The number of para-hydroxylation sites is 1. The van der Waals surface area contributed by atoms with Gasteiger partial charge in [0, 0.05) is 11.1 Å². The first kappa shape index (κ1) is 26.6. The van der Waals surface area contributed by atoms with Crippen LogP contribution in [0.5, 0.6) is 0 Å². The molecule has 0 spiro atoms. The van der Waals surface area contributed by atoms with Gasteiger partial charge in [0.1, 0.15) is 5.82 Å². The Kier molecular flexibility index (Phi) is 7.74. The van der Waals surface area contributed by atoms with Crippen LogP contribution in [-0.4, -0.2) is 28.8 Å². The minimum absolute atomic E-state index is 0.199. The zero-order chi connectivity index (χ0) is 27.5. The fourth-order valence-electron chi connectivity index (χ4n) is 4.44. The van der Waals surface area contributed by atoms with Gasteiger partial charge in [-0.15, -0.1) is 0 Å². The summed E-state index contributed by atoms with van der Waals surface area (Å²) in [6.07, 6.45) is -2.71. The maximum atomic E-state index is 13.8. The van der Waals surface area contributed by atoms with Gasteiger partial charge in [-0.25, -0.2) is 9.38 Å². The van der Waals surface area contributed by atoms with Gasteiger partial charge in [-0.1, -0.05) is 89.9 Å². The number of anilines is 1. The van der Waals surface area contributed by atoms with E-state index in [0.29, 0.717) is 28.1 Å². The van der Waals surface area contributed by atoms with E-state index in [2.05, 4.69) is 15.6 Å². The van der Waals surface area contributed by atoms with Crippen molar-refractivity contribution in [3.8, 4) is 0 Å². The van der Waals surface area contributed by atoms with Crippen molar-refractivity contribution in [2.45, 2.75) is 18.2 Å². The molecule has 0 aromatic heterocycles. The molecule has 0 saturated carbocycles. The maximum Gasteiger partial charge on any atom is 0.269 e. The topological polar surface area (TPSA) is 90.8 Å². The standard InChI is InChI=1S/C30H22Cl2FN3O3/c31-22-15-12-19(16-23(22)32)27(37)25(17-10-13-20(33)14-11-17)29(38)36-28-30(39)34-24-9-5-4-8-21(24)26(35-28)18-6-2-1-3-7-18/h1-16,25,27-28,37H,(H,34,39)(H,36,38)/t25-,27+,28?/m1/s1. The van der Waals surface area contributed by atoms with E-state index in [9.17, 15) is 19.1 Å². The molecule has 0 fully saturated rings. The van der Waals surface area contributed by atoms with Crippen molar-refractivity contribution >= 4 is 46.4 Å². The van der Waals surface area contributed by atoms with Crippen LogP contribution < -0.4 is 10.6 Å². The number of carbonyl (C=O) groups is 2. The van der Waals surface area contributed by atoms with Gasteiger partial charge in [-0.3, -0.25) is 9.59 Å². The molecule has 0 aliphatic carbocycles. The number of aliphatic hydroxyl groups is 1. The normalized spacial score (nSPS) is 16.3. The molecule has 0 saturated heterocycles. The summed E-state index contributed by atoms with van der Waals surface area (Å²) in [5.74, 6) is -2.97. The number of nitrogens with one attached hydrogen (secondary N) is 2. The van der Waals surface area contributed by atoms with E-state index >= 15 is 0 Å². The molecule has 1 unspecified atom stereocenters. The molecule has 196 valence electrons. The molecule has 39 heavy (non-hydrogen) atoms. The molecule has 4 aromatic rings. The fourth-order valence-corrected chi connectivity index (χ4v) is 4.75. The van der Waals surface area contributed by atoms with E-state index in [1.807, 2.05) is 42.5 Å². The van der Waals surface area contributed by atoms with Crippen molar-refractivity contribution in [3.63, 3.8) is 0 Å². The quantitative estimate of drug-likeness (QED) is 0.274. The van der Waals surface area contributed by atoms with Crippen LogP contribution >= 0.6 is 23.2 Å². The van der Waals surface area contributed by atoms with E-state index in [0.717, 1.165) is 5.56 Å². The molecule has 1 aliphatic rings. The Morgan fingerprint density at radius 1 is 0.897 bits per heavy atom. The maximum absolute atomic E-state index is 13.8. The minimum Gasteiger partial charge on any atom is -0.387 e. The lowest BCUT2D eigenvalue weighted by atomic mass is 9.88. The molecular weight excluding hydrogens is 540 g/mol. The predicted molar refractivity (Wildman–Crippen MR) is 150 cm³/mol. The third kappa shape index (κ3) is 5.71. The summed E-state index contributed by atoms with van der Waals surface area (Å²) >= 11 is 12.2. The molecule has 1 heterocycles. The average Bonchev–Trinajstić information content (AvgIpc) is 3.08. The van der Waals surface area contributed by atoms with E-state index in [1.54, 1.807) is 18.2 Å². The Hall–Kier alpha value is -4.04. The smallest absolute Gasteiger partial charge is 0.269 e. The Morgan fingerprint density at radius 2 is 1.56 bits per heavy atom. The van der Waals surface area contributed by atoms with Gasteiger partial charge < -0.3 is 15.7 Å². The van der Waals surface area contributed by atoms with Gasteiger partial charge in [0.15, 0.2) is 0 Å². The SMILES string of the molecule is O=C1Nc2ccccc2C(c2ccccc2)=NC1NC(=O)[C@H](c1ccc(F)cc1)[C@@H](O)c1ccc(Cl)c(Cl)c1. The second-order valence-corrected chi connectivity index (χ2v) is 9.75. The highest BCUT2D eigenvalue weighted by atomic mass is 35.5. The first-order valence-corrected chi connectivity index (χ1v) is 12.8. The first-order valence-electron chi connectivity index (χ1n) is 12.0. The van der Waals surface area contributed by atoms with Gasteiger partial charge in [-0.2, -0.15) is 0 Å². The van der Waals surface area contributed by atoms with E-state index in [1.165, 1.54) is 36.4 Å². The van der Waals surface area contributed by atoms with Gasteiger partial charge in [0.05, 0.1) is 33.5 Å². The third-order valence-corrected chi connectivity index (χ3v) is 7.12. The Bertz CT molecular complexity index is 1560. The second-order valence-electron chi connectivity index (χ2n) is 8.94. The fraction of sp³-hybridized carbons (Fsp3) is 0.100. The number of amides is 2. The highest BCUT2D eigenvalue weighted by Gasteiger charge is 2.34.